The minimum atomic E-state index is -0.244. The average molecular weight is 317 g/mol. The van der Waals surface area contributed by atoms with Gasteiger partial charge in [-0.1, -0.05) is 6.42 Å². The third-order valence-corrected chi connectivity index (χ3v) is 5.19. The summed E-state index contributed by atoms with van der Waals surface area (Å²) in [6.07, 6.45) is 4.96. The molecule has 1 saturated heterocycles. The second-order valence-electron chi connectivity index (χ2n) is 6.54. The van der Waals surface area contributed by atoms with E-state index in [9.17, 15) is 4.39 Å². The van der Waals surface area contributed by atoms with Crippen molar-refractivity contribution >= 4 is 0 Å². The minimum absolute atomic E-state index is 0.244. The van der Waals surface area contributed by atoms with Crippen molar-refractivity contribution in [2.24, 2.45) is 0 Å². The molecule has 3 rings (SSSR count). The lowest BCUT2D eigenvalue weighted by Gasteiger charge is -2.30. The zero-order chi connectivity index (χ0) is 16.2. The standard InChI is InChI=1S/C18H24FN3O/c1-23-15-7-8-22(12-15)18-4-2-3-17(18)21-11-14-9-13(10-20)5-6-16(14)19/h5-6,9,15,17-18,21H,2-4,7-8,11-12H2,1H3/t15?,17-,18+/m1/s1. The van der Waals surface area contributed by atoms with Gasteiger partial charge >= 0.3 is 0 Å². The third kappa shape index (κ3) is 3.72. The molecule has 1 N–H and O–H groups in total. The quantitative estimate of drug-likeness (QED) is 0.906. The summed E-state index contributed by atoms with van der Waals surface area (Å²) in [7, 11) is 1.78. The maximum atomic E-state index is 13.9. The number of nitrogens with zero attached hydrogens (tertiary/aromatic N) is 2. The molecule has 0 radical (unpaired) electrons. The molecule has 1 aliphatic carbocycles. The van der Waals surface area contributed by atoms with Crippen LogP contribution in [0.3, 0.4) is 0 Å². The highest BCUT2D eigenvalue weighted by molar-refractivity contribution is 5.33. The topological polar surface area (TPSA) is 48.3 Å². The van der Waals surface area contributed by atoms with Gasteiger partial charge in [-0.3, -0.25) is 4.90 Å². The second-order valence-corrected chi connectivity index (χ2v) is 6.54. The van der Waals surface area contributed by atoms with Gasteiger partial charge in [-0.25, -0.2) is 4.39 Å². The van der Waals surface area contributed by atoms with Crippen LogP contribution < -0.4 is 5.32 Å². The Kier molecular flexibility index (Phi) is 5.27. The number of hydrogen-bond donors (Lipinski definition) is 1. The molecule has 1 aromatic carbocycles. The summed E-state index contributed by atoms with van der Waals surface area (Å²) in [5.74, 6) is -0.244. The first-order chi connectivity index (χ1) is 11.2. The smallest absolute Gasteiger partial charge is 0.127 e. The predicted octanol–water partition coefficient (Wildman–Crippen LogP) is 2.43. The van der Waals surface area contributed by atoms with Gasteiger partial charge in [0.05, 0.1) is 17.7 Å². The molecule has 1 saturated carbocycles. The lowest BCUT2D eigenvalue weighted by molar-refractivity contribution is 0.0979. The molecule has 0 aromatic heterocycles. The van der Waals surface area contributed by atoms with Crippen LogP contribution in [-0.4, -0.2) is 43.3 Å². The van der Waals surface area contributed by atoms with E-state index >= 15 is 0 Å². The number of hydrogen-bond acceptors (Lipinski definition) is 4. The van der Waals surface area contributed by atoms with Crippen molar-refractivity contribution in [2.45, 2.75) is 50.4 Å². The molecular weight excluding hydrogens is 293 g/mol. The van der Waals surface area contributed by atoms with Gasteiger partial charge in [-0.05, 0) is 37.5 Å². The van der Waals surface area contributed by atoms with E-state index in [2.05, 4.69) is 16.3 Å². The Labute approximate surface area is 137 Å². The van der Waals surface area contributed by atoms with Crippen LogP contribution in [0.25, 0.3) is 0 Å². The molecule has 1 aromatic rings. The van der Waals surface area contributed by atoms with Gasteiger partial charge < -0.3 is 10.1 Å². The van der Waals surface area contributed by atoms with Crippen LogP contribution in [-0.2, 0) is 11.3 Å². The van der Waals surface area contributed by atoms with Crippen molar-refractivity contribution in [1.29, 1.82) is 5.26 Å². The summed E-state index contributed by atoms with van der Waals surface area (Å²) in [6.45, 7) is 2.56. The Balaban J connectivity index is 1.60. The summed E-state index contributed by atoms with van der Waals surface area (Å²) in [6, 6.07) is 7.51. The van der Waals surface area contributed by atoms with Gasteiger partial charge in [0.25, 0.3) is 0 Å². The molecule has 0 amide bonds. The largest absolute Gasteiger partial charge is 0.380 e. The van der Waals surface area contributed by atoms with E-state index in [4.69, 9.17) is 10.00 Å². The van der Waals surface area contributed by atoms with Crippen LogP contribution >= 0.6 is 0 Å². The molecule has 5 heteroatoms. The van der Waals surface area contributed by atoms with E-state index < -0.39 is 0 Å². The van der Waals surface area contributed by atoms with E-state index in [1.54, 1.807) is 13.2 Å². The first-order valence-electron chi connectivity index (χ1n) is 8.40. The van der Waals surface area contributed by atoms with E-state index in [-0.39, 0.29) is 5.82 Å². The molecule has 3 atom stereocenters. The van der Waals surface area contributed by atoms with Crippen molar-refractivity contribution in [3.8, 4) is 6.07 Å². The van der Waals surface area contributed by atoms with Crippen LogP contribution in [0.4, 0.5) is 4.39 Å². The molecule has 2 aliphatic rings. The number of halogens is 1. The average Bonchev–Trinajstić information content (AvgIpc) is 3.22. The minimum Gasteiger partial charge on any atom is -0.380 e. The number of nitrogens with one attached hydrogen (secondary N) is 1. The predicted molar refractivity (Wildman–Crippen MR) is 86.4 cm³/mol. The van der Waals surface area contributed by atoms with Crippen LogP contribution in [0.1, 0.15) is 36.8 Å². The summed E-state index contributed by atoms with van der Waals surface area (Å²) in [5.41, 5.74) is 1.08. The van der Waals surface area contributed by atoms with Crippen molar-refractivity contribution < 1.29 is 9.13 Å². The lowest BCUT2D eigenvalue weighted by Crippen LogP contribution is -2.46. The maximum Gasteiger partial charge on any atom is 0.127 e. The molecule has 4 nitrogen and oxygen atoms in total. The first kappa shape index (κ1) is 16.4. The van der Waals surface area contributed by atoms with Gasteiger partial charge in [0.2, 0.25) is 0 Å². The van der Waals surface area contributed by atoms with Gasteiger partial charge in [0.15, 0.2) is 0 Å². The normalized spacial score (nSPS) is 28.1. The zero-order valence-corrected chi connectivity index (χ0v) is 13.6. The highest BCUT2D eigenvalue weighted by Gasteiger charge is 2.35. The maximum absolute atomic E-state index is 13.9. The highest BCUT2D eigenvalue weighted by Crippen LogP contribution is 2.28. The molecule has 2 fully saturated rings. The highest BCUT2D eigenvalue weighted by atomic mass is 19.1. The van der Waals surface area contributed by atoms with Gasteiger partial charge in [0.1, 0.15) is 5.82 Å². The van der Waals surface area contributed by atoms with Crippen molar-refractivity contribution in [2.75, 3.05) is 20.2 Å². The van der Waals surface area contributed by atoms with E-state index in [0.717, 1.165) is 25.9 Å². The number of methoxy groups -OCH3 is 1. The Morgan fingerprint density at radius 2 is 2.26 bits per heavy atom. The molecule has 1 aliphatic heterocycles. The Bertz CT molecular complexity index is 586. The molecule has 0 spiro atoms. The molecule has 1 unspecified atom stereocenters. The van der Waals surface area contributed by atoms with Crippen LogP contribution in [0.5, 0.6) is 0 Å². The van der Waals surface area contributed by atoms with Crippen LogP contribution in [0, 0.1) is 17.1 Å². The third-order valence-electron chi connectivity index (χ3n) is 5.19. The Hall–Kier alpha value is -1.48. The number of rotatable bonds is 5. The Morgan fingerprint density at radius 1 is 1.39 bits per heavy atom. The van der Waals surface area contributed by atoms with Gasteiger partial charge in [-0.2, -0.15) is 5.26 Å². The SMILES string of the molecule is COC1CCN([C@H]2CCC[C@H]2NCc2cc(C#N)ccc2F)C1. The summed E-state index contributed by atoms with van der Waals surface area (Å²) < 4.78 is 19.4. The van der Waals surface area contributed by atoms with Gasteiger partial charge in [-0.15, -0.1) is 0 Å². The number of likely N-dealkylation sites (tertiary alicyclic amines) is 1. The number of ether oxygens (including phenoxy) is 1. The summed E-state index contributed by atoms with van der Waals surface area (Å²) in [4.78, 5) is 2.51. The van der Waals surface area contributed by atoms with Crippen molar-refractivity contribution in [3.05, 3.63) is 35.1 Å². The fraction of sp³-hybridized carbons (Fsp3) is 0.611. The Morgan fingerprint density at radius 3 is 3.00 bits per heavy atom. The molecule has 124 valence electrons. The molecular formula is C18H24FN3O. The fourth-order valence-corrected chi connectivity index (χ4v) is 3.88. The first-order valence-corrected chi connectivity index (χ1v) is 8.40. The lowest BCUT2D eigenvalue weighted by atomic mass is 10.1. The summed E-state index contributed by atoms with van der Waals surface area (Å²) in [5, 5.41) is 12.5. The monoisotopic (exact) mass is 317 g/mol. The van der Waals surface area contributed by atoms with E-state index in [1.165, 1.54) is 25.0 Å². The van der Waals surface area contributed by atoms with E-state index in [1.807, 2.05) is 0 Å². The summed E-state index contributed by atoms with van der Waals surface area (Å²) >= 11 is 0. The molecule has 1 heterocycles. The van der Waals surface area contributed by atoms with Crippen LogP contribution in [0.15, 0.2) is 18.2 Å². The second kappa shape index (κ2) is 7.39. The molecule has 0 bridgehead atoms. The fourth-order valence-electron chi connectivity index (χ4n) is 3.88. The number of nitriles is 1. The zero-order valence-electron chi connectivity index (χ0n) is 13.6. The van der Waals surface area contributed by atoms with Crippen LogP contribution in [0.2, 0.25) is 0 Å². The van der Waals surface area contributed by atoms with Crippen molar-refractivity contribution in [1.82, 2.24) is 10.2 Å². The van der Waals surface area contributed by atoms with E-state index in [0.29, 0.717) is 35.9 Å². The number of benzene rings is 1. The van der Waals surface area contributed by atoms with Gasteiger partial charge in [0, 0.05) is 44.4 Å². The molecule has 23 heavy (non-hydrogen) atoms. The van der Waals surface area contributed by atoms with Crippen molar-refractivity contribution in [3.63, 3.8) is 0 Å².